The summed E-state index contributed by atoms with van der Waals surface area (Å²) in [5, 5.41) is 9.17. The molecule has 3 atom stereocenters. The molecule has 1 fully saturated rings. The molecule has 1 aliphatic heterocycles. The van der Waals surface area contributed by atoms with Crippen LogP contribution in [0.2, 0.25) is 0 Å². The minimum absolute atomic E-state index is 0.654. The summed E-state index contributed by atoms with van der Waals surface area (Å²) in [6, 6.07) is 0. The summed E-state index contributed by atoms with van der Waals surface area (Å²) in [7, 11) is 0. The third-order valence-electron chi connectivity index (χ3n) is 2.67. The molecule has 1 N–H and O–H groups in total. The van der Waals surface area contributed by atoms with Gasteiger partial charge < -0.3 is 9.84 Å². The molecule has 1 rings (SSSR count). The molecule has 0 amide bonds. The third-order valence-corrected chi connectivity index (χ3v) is 2.67. The van der Waals surface area contributed by atoms with Gasteiger partial charge in [0, 0.05) is 0 Å². The van der Waals surface area contributed by atoms with Crippen LogP contribution < -0.4 is 0 Å². The monoisotopic (exact) mass is 162 g/mol. The van der Waals surface area contributed by atoms with Crippen molar-refractivity contribution in [3.63, 3.8) is 0 Å². The van der Waals surface area contributed by atoms with Gasteiger partial charge in [0.05, 0.1) is 5.41 Å². The molecule has 0 saturated carbocycles. The Morgan fingerprint density at radius 1 is 1.55 bits per heavy atom. The fourth-order valence-electron chi connectivity index (χ4n) is 1.50. The van der Waals surface area contributed by atoms with Crippen LogP contribution in [0, 0.1) is 5.41 Å². The molecule has 0 aromatic carbocycles. The second kappa shape index (κ2) is 2.42. The van der Waals surface area contributed by atoms with Crippen LogP contribution in [0.25, 0.3) is 0 Å². The van der Waals surface area contributed by atoms with Crippen LogP contribution in [0.3, 0.4) is 0 Å². The first-order chi connectivity index (χ1) is 4.94. The van der Waals surface area contributed by atoms with Crippen molar-refractivity contribution in [3.8, 4) is 0 Å². The number of hydrogen-bond acceptors (Lipinski definition) is 2. The van der Waals surface area contributed by atoms with Gasteiger partial charge >= 0.3 is 0 Å². The summed E-state index contributed by atoms with van der Waals surface area (Å²) >= 11 is 0. The Hall–Kier alpha value is -0.150. The second-order valence-corrected chi connectivity index (χ2v) is 3.55. The molecule has 2 unspecified atom stereocenters. The lowest BCUT2D eigenvalue weighted by molar-refractivity contribution is -0.427. The Bertz CT molecular complexity index is 158. The molecule has 3 heteroatoms. The smallest absolute Gasteiger partial charge is 0.219 e. The Labute approximate surface area is 66.4 Å². The van der Waals surface area contributed by atoms with E-state index in [1.165, 1.54) is 6.92 Å². The van der Waals surface area contributed by atoms with E-state index in [0.717, 1.165) is 6.42 Å². The number of aliphatic hydroxyl groups excluding tert-OH is 1. The molecule has 66 valence electrons. The van der Waals surface area contributed by atoms with E-state index in [1.807, 2.05) is 6.92 Å². The van der Waals surface area contributed by atoms with Gasteiger partial charge in [-0.05, 0) is 20.3 Å². The summed E-state index contributed by atoms with van der Waals surface area (Å²) < 4.78 is 17.9. The molecule has 0 radical (unpaired) electrons. The highest BCUT2D eigenvalue weighted by Gasteiger charge is 2.62. The predicted molar refractivity (Wildman–Crippen MR) is 39.6 cm³/mol. The maximum atomic E-state index is 13.3. The van der Waals surface area contributed by atoms with Gasteiger partial charge in [0.1, 0.15) is 0 Å². The van der Waals surface area contributed by atoms with Crippen LogP contribution >= 0.6 is 0 Å². The predicted octanol–water partition coefficient (Wildman–Crippen LogP) is 1.83. The topological polar surface area (TPSA) is 29.5 Å². The standard InChI is InChI=1S/C8H15FO2/c1-4-5-7(2)6(10)11-8(7,3)9/h6,10H,4-5H2,1-3H3/t6-,7?,8?/m0/s1. The van der Waals surface area contributed by atoms with Crippen LogP contribution in [0.15, 0.2) is 0 Å². The van der Waals surface area contributed by atoms with Crippen molar-refractivity contribution in [2.24, 2.45) is 5.41 Å². The lowest BCUT2D eigenvalue weighted by Gasteiger charge is -2.53. The highest BCUT2D eigenvalue weighted by atomic mass is 19.2. The van der Waals surface area contributed by atoms with Crippen LogP contribution in [-0.2, 0) is 4.74 Å². The lowest BCUT2D eigenvalue weighted by Crippen LogP contribution is -2.63. The molecular weight excluding hydrogens is 147 g/mol. The van der Waals surface area contributed by atoms with Gasteiger partial charge in [0.15, 0.2) is 6.29 Å². The van der Waals surface area contributed by atoms with E-state index in [1.54, 1.807) is 6.92 Å². The first-order valence-corrected chi connectivity index (χ1v) is 3.99. The molecule has 0 bridgehead atoms. The molecule has 0 aliphatic carbocycles. The van der Waals surface area contributed by atoms with Gasteiger partial charge in [-0.3, -0.25) is 0 Å². The highest BCUT2D eigenvalue weighted by Crippen LogP contribution is 2.52. The summed E-state index contributed by atoms with van der Waals surface area (Å²) in [5.41, 5.74) is -0.707. The first kappa shape index (κ1) is 8.94. The largest absolute Gasteiger partial charge is 0.367 e. The zero-order valence-electron chi connectivity index (χ0n) is 7.22. The Morgan fingerprint density at radius 2 is 2.09 bits per heavy atom. The number of ether oxygens (including phenoxy) is 1. The van der Waals surface area contributed by atoms with Crippen molar-refractivity contribution in [2.75, 3.05) is 0 Å². The third kappa shape index (κ3) is 1.07. The van der Waals surface area contributed by atoms with Gasteiger partial charge in [-0.1, -0.05) is 13.3 Å². The zero-order chi connectivity index (χ0) is 8.70. The molecule has 1 heterocycles. The summed E-state index contributed by atoms with van der Waals surface area (Å²) in [4.78, 5) is 0. The molecule has 2 nitrogen and oxygen atoms in total. The normalized spacial score (nSPS) is 50.5. The van der Waals surface area contributed by atoms with E-state index in [0.29, 0.717) is 6.42 Å². The fraction of sp³-hybridized carbons (Fsp3) is 1.00. The highest BCUT2D eigenvalue weighted by molar-refractivity contribution is 4.97. The minimum atomic E-state index is -1.65. The molecule has 0 aromatic rings. The molecule has 1 aliphatic rings. The SMILES string of the molecule is CCCC1(C)[C@@H](O)OC1(C)F. The van der Waals surface area contributed by atoms with Gasteiger partial charge in [-0.2, -0.15) is 0 Å². The number of rotatable bonds is 2. The molecular formula is C8H15FO2. The van der Waals surface area contributed by atoms with Crippen LogP contribution in [0.5, 0.6) is 0 Å². The molecule has 11 heavy (non-hydrogen) atoms. The van der Waals surface area contributed by atoms with Crippen molar-refractivity contribution < 1.29 is 14.2 Å². The summed E-state index contributed by atoms with van der Waals surface area (Å²) in [5.74, 6) is -1.65. The van der Waals surface area contributed by atoms with E-state index in [9.17, 15) is 9.50 Å². The zero-order valence-corrected chi connectivity index (χ0v) is 7.22. The average molecular weight is 162 g/mol. The van der Waals surface area contributed by atoms with Crippen molar-refractivity contribution >= 4 is 0 Å². The minimum Gasteiger partial charge on any atom is -0.367 e. The lowest BCUT2D eigenvalue weighted by atomic mass is 9.73. The average Bonchev–Trinajstić information content (AvgIpc) is 1.87. The molecule has 1 saturated heterocycles. The fourth-order valence-corrected chi connectivity index (χ4v) is 1.50. The Morgan fingerprint density at radius 3 is 2.27 bits per heavy atom. The van der Waals surface area contributed by atoms with E-state index < -0.39 is 17.6 Å². The van der Waals surface area contributed by atoms with E-state index in [2.05, 4.69) is 4.74 Å². The quantitative estimate of drug-likeness (QED) is 0.671. The van der Waals surface area contributed by atoms with Crippen molar-refractivity contribution in [3.05, 3.63) is 0 Å². The Balaban J connectivity index is 2.66. The summed E-state index contributed by atoms with van der Waals surface area (Å²) in [6.07, 6.45) is 0.579. The van der Waals surface area contributed by atoms with Crippen molar-refractivity contribution in [1.29, 1.82) is 0 Å². The van der Waals surface area contributed by atoms with Crippen molar-refractivity contribution in [2.45, 2.75) is 45.8 Å². The number of halogens is 1. The Kier molecular flexibility index (Phi) is 1.97. The van der Waals surface area contributed by atoms with Crippen LogP contribution in [0.1, 0.15) is 33.6 Å². The van der Waals surface area contributed by atoms with E-state index in [-0.39, 0.29) is 0 Å². The van der Waals surface area contributed by atoms with E-state index in [4.69, 9.17) is 0 Å². The first-order valence-electron chi connectivity index (χ1n) is 3.99. The van der Waals surface area contributed by atoms with Crippen LogP contribution in [-0.4, -0.2) is 17.3 Å². The van der Waals surface area contributed by atoms with Crippen LogP contribution in [0.4, 0.5) is 4.39 Å². The van der Waals surface area contributed by atoms with Gasteiger partial charge in [-0.15, -0.1) is 0 Å². The second-order valence-electron chi connectivity index (χ2n) is 3.55. The number of aliphatic hydroxyl groups is 1. The van der Waals surface area contributed by atoms with Crippen molar-refractivity contribution in [1.82, 2.24) is 0 Å². The van der Waals surface area contributed by atoms with Gasteiger partial charge in [0.25, 0.3) is 0 Å². The van der Waals surface area contributed by atoms with Gasteiger partial charge in [-0.25, -0.2) is 4.39 Å². The van der Waals surface area contributed by atoms with Gasteiger partial charge in [0.2, 0.25) is 5.85 Å². The molecule has 0 aromatic heterocycles. The maximum absolute atomic E-state index is 13.3. The maximum Gasteiger partial charge on any atom is 0.219 e. The van der Waals surface area contributed by atoms with E-state index >= 15 is 0 Å². The molecule has 0 spiro atoms. The number of alkyl halides is 1. The number of hydrogen-bond donors (Lipinski definition) is 1. The summed E-state index contributed by atoms with van der Waals surface area (Å²) in [6.45, 7) is 5.05.